The number of rotatable bonds is 7. The lowest BCUT2D eigenvalue weighted by atomic mass is 9.81. The lowest BCUT2D eigenvalue weighted by Crippen LogP contribution is -2.34. The predicted octanol–water partition coefficient (Wildman–Crippen LogP) is 6.39. The molecule has 0 aromatic heterocycles. The molecule has 0 radical (unpaired) electrons. The molecule has 1 saturated heterocycles. The van der Waals surface area contributed by atoms with Crippen molar-refractivity contribution in [1.29, 1.82) is 0 Å². The molecule has 1 unspecified atom stereocenters. The summed E-state index contributed by atoms with van der Waals surface area (Å²) in [5.41, 5.74) is 7.44. The van der Waals surface area contributed by atoms with E-state index in [1.165, 1.54) is 35.1 Å². The lowest BCUT2D eigenvalue weighted by molar-refractivity contribution is 0.0592. The third-order valence-corrected chi connectivity index (χ3v) is 7.33. The smallest absolute Gasteiger partial charge is 0.391 e. The fraction of sp³-hybridized carbons (Fsp3) is 0.310. The zero-order valence-corrected chi connectivity index (χ0v) is 21.0. The Balaban J connectivity index is 1.51. The van der Waals surface area contributed by atoms with E-state index in [1.54, 1.807) is 12.1 Å². The molecule has 1 atom stereocenters. The van der Waals surface area contributed by atoms with E-state index in [4.69, 9.17) is 9.26 Å². The third-order valence-electron chi connectivity index (χ3n) is 6.95. The van der Waals surface area contributed by atoms with Gasteiger partial charge in [-0.25, -0.2) is 0 Å². The van der Waals surface area contributed by atoms with Crippen LogP contribution in [0.2, 0.25) is 0 Å². The molecule has 1 fully saturated rings. The zero-order chi connectivity index (χ0) is 24.2. The predicted molar refractivity (Wildman–Crippen MR) is 141 cm³/mol. The normalized spacial score (nSPS) is 18.3. The number of nitrogens with zero attached hydrogens (tertiary/aromatic N) is 1. The summed E-state index contributed by atoms with van der Waals surface area (Å²) in [6, 6.07) is 24.7. The van der Waals surface area contributed by atoms with Gasteiger partial charge in [0.2, 0.25) is 0 Å². The molecule has 3 aromatic carbocycles. The number of ether oxygens (including phenoxy) is 1. The lowest BCUT2D eigenvalue weighted by Gasteiger charge is -2.25. The number of hydrogen-bond donors (Lipinski definition) is 2. The van der Waals surface area contributed by atoms with Crippen molar-refractivity contribution in [1.82, 2.24) is 4.90 Å². The van der Waals surface area contributed by atoms with E-state index in [0.29, 0.717) is 5.75 Å². The van der Waals surface area contributed by atoms with Crippen molar-refractivity contribution in [3.05, 3.63) is 95.1 Å². The van der Waals surface area contributed by atoms with Gasteiger partial charge in [-0.05, 0) is 96.7 Å². The number of allylic oxidation sites excluding steroid dienone is 1. The Bertz CT molecular complexity index is 1170. The number of fused-ring (bicyclic) bond motifs is 1. The monoisotopic (exact) mass is 489 g/mol. The first-order chi connectivity index (χ1) is 17.1. The molecule has 0 saturated carbocycles. The van der Waals surface area contributed by atoms with Crippen LogP contribution in [0.3, 0.4) is 0 Å². The standard InChI is InChI=1S/C29H32NO4P/c1-21(30-19-4-5-20-30)33-25-15-11-23(12-16-25)29(24-13-17-26(18-14-24)34-35(31)32)28-10-6-8-22-7-2-3-9-27(22)28/h2-3,7,9,11-18,21,31-32H,4-6,8,10,19-20H2,1H3. The quantitative estimate of drug-likeness (QED) is 0.377. The van der Waals surface area contributed by atoms with Gasteiger partial charge in [0.15, 0.2) is 0 Å². The minimum absolute atomic E-state index is 0.0717. The first-order valence-corrected chi connectivity index (χ1v) is 13.5. The largest absolute Gasteiger partial charge is 0.475 e. The average molecular weight is 490 g/mol. The molecule has 1 aliphatic heterocycles. The molecule has 1 aliphatic carbocycles. The first kappa shape index (κ1) is 24.0. The fourth-order valence-corrected chi connectivity index (χ4v) is 5.56. The van der Waals surface area contributed by atoms with E-state index >= 15 is 0 Å². The Hall–Kier alpha value is -2.69. The second-order valence-electron chi connectivity index (χ2n) is 9.22. The maximum absolute atomic E-state index is 9.21. The Morgan fingerprint density at radius 2 is 1.43 bits per heavy atom. The summed E-state index contributed by atoms with van der Waals surface area (Å²) < 4.78 is 11.3. The zero-order valence-electron chi connectivity index (χ0n) is 20.1. The van der Waals surface area contributed by atoms with Gasteiger partial charge in [0.25, 0.3) is 0 Å². The molecule has 0 spiro atoms. The van der Waals surface area contributed by atoms with Crippen molar-refractivity contribution >= 4 is 19.7 Å². The summed E-state index contributed by atoms with van der Waals surface area (Å²) in [6.45, 7) is 4.33. The Morgan fingerprint density at radius 1 is 0.800 bits per heavy atom. The van der Waals surface area contributed by atoms with Gasteiger partial charge in [0.1, 0.15) is 17.7 Å². The van der Waals surface area contributed by atoms with Gasteiger partial charge in [-0.1, -0.05) is 48.5 Å². The highest BCUT2D eigenvalue weighted by Gasteiger charge is 2.21. The van der Waals surface area contributed by atoms with E-state index < -0.39 is 8.60 Å². The Kier molecular flexibility index (Phi) is 7.50. The summed E-state index contributed by atoms with van der Waals surface area (Å²) in [7, 11) is -2.44. The van der Waals surface area contributed by atoms with E-state index in [-0.39, 0.29) is 6.23 Å². The van der Waals surface area contributed by atoms with Crippen LogP contribution in [0.4, 0.5) is 0 Å². The highest BCUT2D eigenvalue weighted by Crippen LogP contribution is 2.41. The van der Waals surface area contributed by atoms with Crippen LogP contribution in [0.25, 0.3) is 11.1 Å². The number of likely N-dealkylation sites (tertiary alicyclic amines) is 1. The highest BCUT2D eigenvalue weighted by molar-refractivity contribution is 7.39. The SMILES string of the molecule is CC(Oc1ccc(C(=C2CCCc3ccccc32)c2ccc(OP(O)O)cc2)cc1)N1CCCC1. The van der Waals surface area contributed by atoms with Crippen LogP contribution in [0.5, 0.6) is 11.5 Å². The number of aryl methyl sites for hydroxylation is 1. The molecular weight excluding hydrogens is 457 g/mol. The van der Waals surface area contributed by atoms with Crippen LogP contribution in [0.1, 0.15) is 54.9 Å². The van der Waals surface area contributed by atoms with E-state index in [1.807, 2.05) is 12.1 Å². The van der Waals surface area contributed by atoms with Crippen LogP contribution in [0.15, 0.2) is 72.8 Å². The number of hydrogen-bond acceptors (Lipinski definition) is 5. The summed E-state index contributed by atoms with van der Waals surface area (Å²) in [5, 5.41) is 0. The van der Waals surface area contributed by atoms with Crippen molar-refractivity contribution in [3.8, 4) is 11.5 Å². The average Bonchev–Trinajstić information content (AvgIpc) is 3.42. The van der Waals surface area contributed by atoms with Crippen molar-refractivity contribution < 1.29 is 19.0 Å². The van der Waals surface area contributed by atoms with Crippen LogP contribution >= 0.6 is 8.60 Å². The molecule has 0 bridgehead atoms. The maximum Gasteiger partial charge on any atom is 0.391 e. The van der Waals surface area contributed by atoms with Gasteiger partial charge < -0.3 is 19.0 Å². The molecule has 0 amide bonds. The molecule has 3 aromatic rings. The molecule has 2 N–H and O–H groups in total. The molecular formula is C29H32NO4P. The molecule has 2 aliphatic rings. The number of benzene rings is 3. The summed E-state index contributed by atoms with van der Waals surface area (Å²) in [6.07, 6.45) is 5.78. The molecule has 1 heterocycles. The minimum atomic E-state index is -2.44. The van der Waals surface area contributed by atoms with Crippen LogP contribution in [-0.4, -0.2) is 34.0 Å². The van der Waals surface area contributed by atoms with Gasteiger partial charge >= 0.3 is 8.60 Å². The summed E-state index contributed by atoms with van der Waals surface area (Å²) in [5.74, 6) is 1.32. The fourth-order valence-electron chi connectivity index (χ4n) is 5.25. The summed E-state index contributed by atoms with van der Waals surface area (Å²) in [4.78, 5) is 20.8. The van der Waals surface area contributed by atoms with E-state index in [9.17, 15) is 9.79 Å². The van der Waals surface area contributed by atoms with Crippen LogP contribution < -0.4 is 9.26 Å². The van der Waals surface area contributed by atoms with E-state index in [2.05, 4.69) is 60.4 Å². The van der Waals surface area contributed by atoms with Crippen molar-refractivity contribution in [2.75, 3.05) is 13.1 Å². The molecule has 5 rings (SSSR count). The minimum Gasteiger partial charge on any atom is -0.475 e. The second-order valence-corrected chi connectivity index (χ2v) is 9.91. The van der Waals surface area contributed by atoms with Gasteiger partial charge in [0, 0.05) is 13.1 Å². The highest BCUT2D eigenvalue weighted by atomic mass is 31.2. The Morgan fingerprint density at radius 3 is 2.09 bits per heavy atom. The van der Waals surface area contributed by atoms with Gasteiger partial charge in [-0.2, -0.15) is 0 Å². The Labute approximate surface area is 208 Å². The van der Waals surface area contributed by atoms with Crippen LogP contribution in [-0.2, 0) is 6.42 Å². The van der Waals surface area contributed by atoms with Crippen molar-refractivity contribution in [2.45, 2.75) is 45.3 Å². The first-order valence-electron chi connectivity index (χ1n) is 12.4. The van der Waals surface area contributed by atoms with Crippen LogP contribution in [0, 0.1) is 0 Å². The maximum atomic E-state index is 9.21. The van der Waals surface area contributed by atoms with E-state index in [0.717, 1.165) is 49.2 Å². The van der Waals surface area contributed by atoms with Crippen molar-refractivity contribution in [2.24, 2.45) is 0 Å². The molecule has 182 valence electrons. The van der Waals surface area contributed by atoms with Crippen molar-refractivity contribution in [3.63, 3.8) is 0 Å². The molecule has 6 heteroatoms. The topological polar surface area (TPSA) is 62.2 Å². The second kappa shape index (κ2) is 10.9. The van der Waals surface area contributed by atoms with Gasteiger partial charge in [-0.3, -0.25) is 4.90 Å². The molecule has 5 nitrogen and oxygen atoms in total. The summed E-state index contributed by atoms with van der Waals surface area (Å²) >= 11 is 0. The van der Waals surface area contributed by atoms with Gasteiger partial charge in [-0.15, -0.1) is 0 Å². The van der Waals surface area contributed by atoms with Gasteiger partial charge in [0.05, 0.1) is 0 Å². The molecule has 35 heavy (non-hydrogen) atoms. The third kappa shape index (κ3) is 5.60.